The molecule has 0 heterocycles. The fourth-order valence-corrected chi connectivity index (χ4v) is 1.96. The fourth-order valence-electron chi connectivity index (χ4n) is 1.96. The van der Waals surface area contributed by atoms with Gasteiger partial charge in [0.15, 0.2) is 11.6 Å². The summed E-state index contributed by atoms with van der Waals surface area (Å²) in [6.07, 6.45) is -1.07. The highest BCUT2D eigenvalue weighted by Crippen LogP contribution is 2.24. The lowest BCUT2D eigenvalue weighted by atomic mass is 10.0. The summed E-state index contributed by atoms with van der Waals surface area (Å²) in [7, 11) is 1.34. The summed E-state index contributed by atoms with van der Waals surface area (Å²) in [4.78, 5) is 0. The van der Waals surface area contributed by atoms with Crippen molar-refractivity contribution in [1.29, 1.82) is 0 Å². The van der Waals surface area contributed by atoms with Gasteiger partial charge in [0, 0.05) is 12.5 Å². The fraction of sp³-hybridized carbons (Fsp3) is 0.200. The Morgan fingerprint density at radius 2 is 1.70 bits per heavy atom. The number of halogens is 3. The van der Waals surface area contributed by atoms with Crippen molar-refractivity contribution in [2.24, 2.45) is 0 Å². The molecule has 1 N–H and O–H groups in total. The van der Waals surface area contributed by atoms with Crippen LogP contribution in [0.1, 0.15) is 17.2 Å². The minimum Gasteiger partial charge on any atom is -0.494 e. The van der Waals surface area contributed by atoms with E-state index in [4.69, 9.17) is 4.74 Å². The van der Waals surface area contributed by atoms with E-state index in [2.05, 4.69) is 0 Å². The Bertz CT molecular complexity index is 594. The van der Waals surface area contributed by atoms with E-state index in [-0.39, 0.29) is 12.2 Å². The van der Waals surface area contributed by atoms with Crippen LogP contribution in [0.15, 0.2) is 36.4 Å². The Morgan fingerprint density at radius 1 is 1.05 bits per heavy atom. The van der Waals surface area contributed by atoms with Crippen LogP contribution in [0.2, 0.25) is 0 Å². The normalized spacial score (nSPS) is 12.2. The Balaban J connectivity index is 2.19. The topological polar surface area (TPSA) is 29.5 Å². The van der Waals surface area contributed by atoms with Crippen LogP contribution >= 0.6 is 0 Å². The predicted molar refractivity (Wildman–Crippen MR) is 68.0 cm³/mol. The van der Waals surface area contributed by atoms with Gasteiger partial charge in [0.2, 0.25) is 0 Å². The summed E-state index contributed by atoms with van der Waals surface area (Å²) in [5, 5.41) is 9.99. The van der Waals surface area contributed by atoms with E-state index in [1.54, 1.807) is 0 Å². The molecule has 0 spiro atoms. The van der Waals surface area contributed by atoms with Crippen LogP contribution in [0.4, 0.5) is 13.2 Å². The van der Waals surface area contributed by atoms with Crippen LogP contribution in [0.3, 0.4) is 0 Å². The summed E-state index contributed by atoms with van der Waals surface area (Å²) < 4.78 is 44.4. The van der Waals surface area contributed by atoms with Gasteiger partial charge in [0.05, 0.1) is 13.2 Å². The maximum Gasteiger partial charge on any atom is 0.165 e. The summed E-state index contributed by atoms with van der Waals surface area (Å²) in [5.41, 5.74) is 0.610. The van der Waals surface area contributed by atoms with E-state index in [1.165, 1.54) is 19.2 Å². The van der Waals surface area contributed by atoms with Crippen LogP contribution in [0, 0.1) is 17.5 Å². The van der Waals surface area contributed by atoms with Gasteiger partial charge in [-0.05, 0) is 35.4 Å². The molecule has 1 unspecified atom stereocenters. The molecule has 0 aliphatic carbocycles. The standard InChI is InChI=1S/C15H13F3O2/c1-20-15-3-2-10(7-13(15)18)14(19)6-9-4-11(16)8-12(17)5-9/h2-5,7-8,14,19H,6H2,1H3. The van der Waals surface area contributed by atoms with Crippen LogP contribution in [-0.4, -0.2) is 12.2 Å². The Labute approximate surface area is 114 Å². The third kappa shape index (κ3) is 3.30. The number of rotatable bonds is 4. The highest BCUT2D eigenvalue weighted by Gasteiger charge is 2.13. The third-order valence-corrected chi connectivity index (χ3v) is 2.91. The van der Waals surface area contributed by atoms with Crippen LogP contribution in [-0.2, 0) is 6.42 Å². The summed E-state index contributed by atoms with van der Waals surface area (Å²) in [6, 6.07) is 7.04. The highest BCUT2D eigenvalue weighted by atomic mass is 19.1. The number of hydrogen-bond donors (Lipinski definition) is 1. The number of hydrogen-bond acceptors (Lipinski definition) is 2. The molecule has 0 radical (unpaired) electrons. The lowest BCUT2D eigenvalue weighted by molar-refractivity contribution is 0.177. The molecular weight excluding hydrogens is 269 g/mol. The summed E-state index contributed by atoms with van der Waals surface area (Å²) in [5.74, 6) is -1.96. The zero-order valence-corrected chi connectivity index (χ0v) is 10.7. The van der Waals surface area contributed by atoms with Gasteiger partial charge >= 0.3 is 0 Å². The van der Waals surface area contributed by atoms with Gasteiger partial charge in [-0.15, -0.1) is 0 Å². The van der Waals surface area contributed by atoms with Crippen LogP contribution < -0.4 is 4.74 Å². The number of methoxy groups -OCH3 is 1. The van der Waals surface area contributed by atoms with E-state index in [0.29, 0.717) is 11.1 Å². The molecule has 0 bridgehead atoms. The van der Waals surface area contributed by atoms with Crippen molar-refractivity contribution in [3.05, 3.63) is 65.0 Å². The van der Waals surface area contributed by atoms with Crippen molar-refractivity contribution in [3.8, 4) is 5.75 Å². The average Bonchev–Trinajstić information content (AvgIpc) is 2.37. The largest absolute Gasteiger partial charge is 0.494 e. The monoisotopic (exact) mass is 282 g/mol. The van der Waals surface area contributed by atoms with Gasteiger partial charge in [-0.2, -0.15) is 0 Å². The molecule has 0 fully saturated rings. The number of ether oxygens (including phenoxy) is 1. The maximum absolute atomic E-state index is 13.5. The van der Waals surface area contributed by atoms with Crippen molar-refractivity contribution in [1.82, 2.24) is 0 Å². The van der Waals surface area contributed by atoms with Crippen LogP contribution in [0.25, 0.3) is 0 Å². The maximum atomic E-state index is 13.5. The van der Waals surface area contributed by atoms with Gasteiger partial charge < -0.3 is 9.84 Å². The minimum absolute atomic E-state index is 0.0134. The molecule has 20 heavy (non-hydrogen) atoms. The van der Waals surface area contributed by atoms with E-state index in [1.807, 2.05) is 0 Å². The molecule has 106 valence electrons. The third-order valence-electron chi connectivity index (χ3n) is 2.91. The first kappa shape index (κ1) is 14.4. The minimum atomic E-state index is -1.06. The Kier molecular flexibility index (Phi) is 4.29. The zero-order chi connectivity index (χ0) is 14.7. The first-order valence-electron chi connectivity index (χ1n) is 5.96. The van der Waals surface area contributed by atoms with Gasteiger partial charge in [-0.1, -0.05) is 6.07 Å². The second-order valence-corrected chi connectivity index (χ2v) is 4.39. The molecular formula is C15H13F3O2. The molecule has 0 aromatic heterocycles. The van der Waals surface area contributed by atoms with Gasteiger partial charge in [0.1, 0.15) is 11.6 Å². The smallest absolute Gasteiger partial charge is 0.165 e. The lowest BCUT2D eigenvalue weighted by Gasteiger charge is -2.12. The van der Waals surface area contributed by atoms with Crippen molar-refractivity contribution in [2.75, 3.05) is 7.11 Å². The van der Waals surface area contributed by atoms with Crippen molar-refractivity contribution >= 4 is 0 Å². The quantitative estimate of drug-likeness (QED) is 0.931. The molecule has 1 atom stereocenters. The van der Waals surface area contributed by atoms with Gasteiger partial charge in [0.25, 0.3) is 0 Å². The first-order valence-corrected chi connectivity index (χ1v) is 5.96. The van der Waals surface area contributed by atoms with Crippen molar-refractivity contribution in [2.45, 2.75) is 12.5 Å². The van der Waals surface area contributed by atoms with Crippen molar-refractivity contribution in [3.63, 3.8) is 0 Å². The number of aliphatic hydroxyl groups excluding tert-OH is 1. The lowest BCUT2D eigenvalue weighted by Crippen LogP contribution is -2.03. The molecule has 2 aromatic rings. The van der Waals surface area contributed by atoms with E-state index < -0.39 is 23.6 Å². The molecule has 2 aromatic carbocycles. The first-order chi connectivity index (χ1) is 9.49. The van der Waals surface area contributed by atoms with Gasteiger partial charge in [-0.3, -0.25) is 0 Å². The molecule has 0 saturated carbocycles. The molecule has 0 aliphatic rings. The Morgan fingerprint density at radius 3 is 2.25 bits per heavy atom. The van der Waals surface area contributed by atoms with Crippen LogP contribution in [0.5, 0.6) is 5.75 Å². The second-order valence-electron chi connectivity index (χ2n) is 4.39. The molecule has 2 rings (SSSR count). The van der Waals surface area contributed by atoms with Crippen molar-refractivity contribution < 1.29 is 23.0 Å². The number of benzene rings is 2. The molecule has 0 saturated heterocycles. The SMILES string of the molecule is COc1ccc(C(O)Cc2cc(F)cc(F)c2)cc1F. The van der Waals surface area contributed by atoms with Gasteiger partial charge in [-0.25, -0.2) is 13.2 Å². The molecule has 0 aliphatic heterocycles. The molecule has 2 nitrogen and oxygen atoms in total. The summed E-state index contributed by atoms with van der Waals surface area (Å²) >= 11 is 0. The van der Waals surface area contributed by atoms with E-state index in [9.17, 15) is 18.3 Å². The molecule has 0 amide bonds. The second kappa shape index (κ2) is 5.96. The summed E-state index contributed by atoms with van der Waals surface area (Å²) in [6.45, 7) is 0. The molecule has 5 heteroatoms. The average molecular weight is 282 g/mol. The highest BCUT2D eigenvalue weighted by molar-refractivity contribution is 5.31. The zero-order valence-electron chi connectivity index (χ0n) is 10.7. The van der Waals surface area contributed by atoms with E-state index in [0.717, 1.165) is 24.3 Å². The number of aliphatic hydroxyl groups is 1. The van der Waals surface area contributed by atoms with E-state index >= 15 is 0 Å². The Hall–Kier alpha value is -2.01. The predicted octanol–water partition coefficient (Wildman–Crippen LogP) is 3.39.